The van der Waals surface area contributed by atoms with Crippen molar-refractivity contribution in [3.05, 3.63) is 58.4 Å². The quantitative estimate of drug-likeness (QED) is 0.598. The number of aliphatic hydroxyl groups is 1. The molecule has 2 aliphatic rings. The Morgan fingerprint density at radius 1 is 1.19 bits per heavy atom. The number of benzene rings is 2. The first kappa shape index (κ1) is 23.1. The van der Waals surface area contributed by atoms with E-state index in [1.54, 1.807) is 0 Å². The van der Waals surface area contributed by atoms with Crippen LogP contribution in [0.2, 0.25) is 5.02 Å². The third-order valence-corrected chi connectivity index (χ3v) is 9.55. The molecule has 0 spiro atoms. The van der Waals surface area contributed by atoms with Gasteiger partial charge in [-0.3, -0.25) is 4.79 Å². The Hall–Kier alpha value is -2.10. The van der Waals surface area contributed by atoms with E-state index >= 15 is 0 Å². The highest BCUT2D eigenvalue weighted by Gasteiger charge is 2.60. The molecule has 2 unspecified atom stereocenters. The molecule has 0 aliphatic heterocycles. The standard InChI is InChI=1S/C22H21ClF3NO4S/c1-2-22(29)10-12-3-5-14(22)20(12)32(30,31)18-7-11(4-6-15(18)23)21(28)27-13-8-16(24)19(26)17(25)9-13/h4,6-9,12,14,20,29H,2-3,5,10H2,1H3,(H,27,28)/t12?,14?,20-,22-/m1/s1. The van der Waals surface area contributed by atoms with Gasteiger partial charge in [-0.05, 0) is 49.8 Å². The smallest absolute Gasteiger partial charge is 0.255 e. The molecule has 2 N–H and O–H groups in total. The molecule has 4 rings (SSSR count). The summed E-state index contributed by atoms with van der Waals surface area (Å²) in [6, 6.07) is 4.89. The number of hydrogen-bond donors (Lipinski definition) is 2. The number of anilines is 1. The number of rotatable bonds is 5. The molecule has 2 aromatic rings. The van der Waals surface area contributed by atoms with E-state index in [9.17, 15) is 31.5 Å². The van der Waals surface area contributed by atoms with E-state index in [1.807, 2.05) is 6.92 Å². The lowest BCUT2D eigenvalue weighted by Crippen LogP contribution is -2.38. The minimum Gasteiger partial charge on any atom is -0.390 e. The molecule has 2 aliphatic carbocycles. The molecule has 0 heterocycles. The van der Waals surface area contributed by atoms with E-state index in [1.165, 1.54) is 12.1 Å². The fourth-order valence-corrected chi connectivity index (χ4v) is 8.09. The second-order valence-electron chi connectivity index (χ2n) is 8.47. The number of carbonyl (C=O) groups is 1. The van der Waals surface area contributed by atoms with Crippen LogP contribution in [0, 0.1) is 29.3 Å². The van der Waals surface area contributed by atoms with Crippen LogP contribution < -0.4 is 5.32 Å². The van der Waals surface area contributed by atoms with Gasteiger partial charge >= 0.3 is 0 Å². The Kier molecular flexibility index (Phi) is 5.80. The average Bonchev–Trinajstić information content (AvgIpc) is 3.28. The predicted octanol–water partition coefficient (Wildman–Crippen LogP) is 4.72. The molecule has 2 bridgehead atoms. The molecule has 2 saturated carbocycles. The molecule has 32 heavy (non-hydrogen) atoms. The Morgan fingerprint density at radius 3 is 2.44 bits per heavy atom. The number of carbonyl (C=O) groups excluding carboxylic acids is 1. The van der Waals surface area contributed by atoms with Gasteiger partial charge in [0, 0.05) is 29.3 Å². The second kappa shape index (κ2) is 8.04. The Bertz CT molecular complexity index is 1180. The van der Waals surface area contributed by atoms with Crippen LogP contribution in [0.5, 0.6) is 0 Å². The first-order chi connectivity index (χ1) is 15.0. The highest BCUT2D eigenvalue weighted by molar-refractivity contribution is 7.92. The normalized spacial score (nSPS) is 27.0. The number of amides is 1. The molecule has 172 valence electrons. The van der Waals surface area contributed by atoms with Crippen molar-refractivity contribution in [1.29, 1.82) is 0 Å². The van der Waals surface area contributed by atoms with E-state index in [-0.39, 0.29) is 27.1 Å². The number of nitrogens with one attached hydrogen (secondary N) is 1. The van der Waals surface area contributed by atoms with Crippen LogP contribution >= 0.6 is 11.6 Å². The van der Waals surface area contributed by atoms with Crippen molar-refractivity contribution in [2.45, 2.75) is 48.4 Å². The SMILES string of the molecule is CC[C@@]1(O)CC2CCC1[C@@H]2S(=O)(=O)c1cc(C(=O)Nc2cc(F)c(F)c(F)c2)ccc1Cl. The van der Waals surface area contributed by atoms with Crippen LogP contribution in [0.1, 0.15) is 43.0 Å². The molecule has 4 atom stereocenters. The topological polar surface area (TPSA) is 83.5 Å². The number of halogens is 4. The van der Waals surface area contributed by atoms with Gasteiger partial charge in [0.05, 0.1) is 20.8 Å². The van der Waals surface area contributed by atoms with Gasteiger partial charge in [-0.15, -0.1) is 0 Å². The Balaban J connectivity index is 1.65. The number of hydrogen-bond acceptors (Lipinski definition) is 4. The van der Waals surface area contributed by atoms with E-state index < -0.39 is 50.0 Å². The Morgan fingerprint density at radius 2 is 1.84 bits per heavy atom. The molecule has 1 amide bonds. The number of fused-ring (bicyclic) bond motifs is 2. The van der Waals surface area contributed by atoms with Crippen molar-refractivity contribution in [3.8, 4) is 0 Å². The summed E-state index contributed by atoms with van der Waals surface area (Å²) >= 11 is 6.19. The largest absolute Gasteiger partial charge is 0.390 e. The van der Waals surface area contributed by atoms with Gasteiger partial charge in [0.15, 0.2) is 27.3 Å². The Labute approximate surface area is 188 Å². The first-order valence-corrected chi connectivity index (χ1v) is 12.1. The third kappa shape index (κ3) is 3.70. The van der Waals surface area contributed by atoms with Crippen molar-refractivity contribution in [2.75, 3.05) is 5.32 Å². The van der Waals surface area contributed by atoms with Crippen molar-refractivity contribution in [1.82, 2.24) is 0 Å². The summed E-state index contributed by atoms with van der Waals surface area (Å²) in [7, 11) is -3.98. The monoisotopic (exact) mass is 487 g/mol. The van der Waals surface area contributed by atoms with Gasteiger partial charge in [0.2, 0.25) is 0 Å². The first-order valence-electron chi connectivity index (χ1n) is 10.2. The predicted molar refractivity (Wildman–Crippen MR) is 113 cm³/mol. The number of sulfone groups is 1. The zero-order valence-corrected chi connectivity index (χ0v) is 18.6. The zero-order chi connectivity index (χ0) is 23.4. The van der Waals surface area contributed by atoms with Crippen LogP contribution in [0.15, 0.2) is 35.2 Å². The molecule has 2 aromatic carbocycles. The summed E-state index contributed by atoms with van der Waals surface area (Å²) in [5, 5.41) is 12.2. The minimum absolute atomic E-state index is 0.0632. The maximum Gasteiger partial charge on any atom is 0.255 e. The molecular weight excluding hydrogens is 467 g/mol. The summed E-state index contributed by atoms with van der Waals surface area (Å²) in [5.74, 6) is -6.07. The van der Waals surface area contributed by atoms with E-state index in [2.05, 4.69) is 5.32 Å². The van der Waals surface area contributed by atoms with Crippen molar-refractivity contribution in [2.24, 2.45) is 11.8 Å². The lowest BCUT2D eigenvalue weighted by molar-refractivity contribution is -0.0159. The molecular formula is C22H21ClF3NO4S. The van der Waals surface area contributed by atoms with Crippen molar-refractivity contribution < 1.29 is 31.5 Å². The van der Waals surface area contributed by atoms with Crippen LogP contribution in [0.3, 0.4) is 0 Å². The molecule has 10 heteroatoms. The third-order valence-electron chi connectivity index (χ3n) is 6.73. The lowest BCUT2D eigenvalue weighted by atomic mass is 9.82. The van der Waals surface area contributed by atoms with Crippen LogP contribution in [0.4, 0.5) is 18.9 Å². The maximum absolute atomic E-state index is 13.5. The lowest BCUT2D eigenvalue weighted by Gasteiger charge is -2.31. The summed E-state index contributed by atoms with van der Waals surface area (Å²) in [5.41, 5.74) is -1.47. The molecule has 0 radical (unpaired) electrons. The molecule has 0 saturated heterocycles. The maximum atomic E-state index is 13.5. The van der Waals surface area contributed by atoms with Crippen LogP contribution in [-0.2, 0) is 9.84 Å². The van der Waals surface area contributed by atoms with Crippen molar-refractivity contribution in [3.63, 3.8) is 0 Å². The molecule has 0 aromatic heterocycles. The summed E-state index contributed by atoms with van der Waals surface area (Å²) in [6.07, 6.45) is 2.13. The summed E-state index contributed by atoms with van der Waals surface area (Å²) in [4.78, 5) is 12.4. The van der Waals surface area contributed by atoms with Gasteiger partial charge in [0.25, 0.3) is 5.91 Å². The summed E-state index contributed by atoms with van der Waals surface area (Å²) in [6.45, 7) is 1.82. The zero-order valence-electron chi connectivity index (χ0n) is 17.0. The minimum atomic E-state index is -3.98. The summed E-state index contributed by atoms with van der Waals surface area (Å²) < 4.78 is 67.0. The highest BCUT2D eigenvalue weighted by Crippen LogP contribution is 2.56. The molecule has 2 fully saturated rings. The van der Waals surface area contributed by atoms with Gasteiger partial charge in [-0.2, -0.15) is 0 Å². The van der Waals surface area contributed by atoms with Gasteiger partial charge in [-0.1, -0.05) is 18.5 Å². The van der Waals surface area contributed by atoms with Gasteiger partial charge in [-0.25, -0.2) is 21.6 Å². The van der Waals surface area contributed by atoms with Crippen LogP contribution in [0.25, 0.3) is 0 Å². The highest BCUT2D eigenvalue weighted by atomic mass is 35.5. The van der Waals surface area contributed by atoms with E-state index in [0.717, 1.165) is 6.07 Å². The van der Waals surface area contributed by atoms with E-state index in [4.69, 9.17) is 11.6 Å². The fraction of sp³-hybridized carbons (Fsp3) is 0.409. The fourth-order valence-electron chi connectivity index (χ4n) is 5.17. The van der Waals surface area contributed by atoms with Crippen molar-refractivity contribution >= 4 is 33.0 Å². The average molecular weight is 488 g/mol. The van der Waals surface area contributed by atoms with E-state index in [0.29, 0.717) is 37.8 Å². The van der Waals surface area contributed by atoms with Gasteiger partial charge in [0.1, 0.15) is 0 Å². The second-order valence-corrected chi connectivity index (χ2v) is 10.9. The molecule has 5 nitrogen and oxygen atoms in total. The van der Waals surface area contributed by atoms with Crippen LogP contribution in [-0.4, -0.2) is 30.3 Å². The van der Waals surface area contributed by atoms with Gasteiger partial charge < -0.3 is 10.4 Å².